The van der Waals surface area contributed by atoms with Crippen LogP contribution >= 0.6 is 0 Å². The zero-order chi connectivity index (χ0) is 12.1. The van der Waals surface area contributed by atoms with Crippen molar-refractivity contribution in [1.29, 1.82) is 0 Å². The predicted molar refractivity (Wildman–Crippen MR) is 62.7 cm³/mol. The van der Waals surface area contributed by atoms with E-state index in [4.69, 9.17) is 4.74 Å². The van der Waals surface area contributed by atoms with Crippen LogP contribution in [0.15, 0.2) is 24.4 Å². The van der Waals surface area contributed by atoms with E-state index in [2.05, 4.69) is 25.5 Å². The summed E-state index contributed by atoms with van der Waals surface area (Å²) >= 11 is 0. The quantitative estimate of drug-likeness (QED) is 0.852. The average molecular weight is 231 g/mol. The van der Waals surface area contributed by atoms with Crippen LogP contribution in [-0.2, 0) is 6.54 Å². The number of aryl methyl sites for hydroxylation is 1. The maximum atomic E-state index is 5.07. The Hall–Kier alpha value is -2.24. The van der Waals surface area contributed by atoms with E-state index in [0.29, 0.717) is 24.1 Å². The molecule has 2 aromatic rings. The van der Waals surface area contributed by atoms with Crippen molar-refractivity contribution < 1.29 is 4.74 Å². The molecule has 0 radical (unpaired) electrons. The molecule has 0 aliphatic heterocycles. The SMILES string of the molecule is COc1cc(NCc2cccnn2)nc(C)n1. The number of ether oxygens (including phenoxy) is 1. The van der Waals surface area contributed by atoms with Gasteiger partial charge >= 0.3 is 0 Å². The molecule has 0 saturated carbocycles. The first kappa shape index (κ1) is 11.3. The lowest BCUT2D eigenvalue weighted by Crippen LogP contribution is -2.05. The van der Waals surface area contributed by atoms with Gasteiger partial charge in [0, 0.05) is 12.3 Å². The summed E-state index contributed by atoms with van der Waals surface area (Å²) in [5, 5.41) is 10.9. The molecule has 0 atom stereocenters. The Balaban J connectivity index is 2.06. The highest BCUT2D eigenvalue weighted by Gasteiger charge is 2.02. The number of hydrogen-bond acceptors (Lipinski definition) is 6. The number of nitrogens with one attached hydrogen (secondary N) is 1. The van der Waals surface area contributed by atoms with Gasteiger partial charge in [-0.15, -0.1) is 0 Å². The molecular formula is C11H13N5O. The van der Waals surface area contributed by atoms with E-state index >= 15 is 0 Å². The van der Waals surface area contributed by atoms with Crippen LogP contribution in [0, 0.1) is 6.92 Å². The molecule has 88 valence electrons. The molecule has 2 aromatic heterocycles. The van der Waals surface area contributed by atoms with Crippen LogP contribution in [-0.4, -0.2) is 27.3 Å². The first-order valence-electron chi connectivity index (χ1n) is 5.18. The number of anilines is 1. The molecule has 6 nitrogen and oxygen atoms in total. The smallest absolute Gasteiger partial charge is 0.218 e. The highest BCUT2D eigenvalue weighted by atomic mass is 16.5. The Labute approximate surface area is 99.1 Å². The molecular weight excluding hydrogens is 218 g/mol. The van der Waals surface area contributed by atoms with Crippen molar-refractivity contribution in [2.75, 3.05) is 12.4 Å². The number of nitrogens with zero attached hydrogens (tertiary/aromatic N) is 4. The van der Waals surface area contributed by atoms with Gasteiger partial charge in [-0.3, -0.25) is 0 Å². The van der Waals surface area contributed by atoms with Gasteiger partial charge in [0.15, 0.2) is 0 Å². The van der Waals surface area contributed by atoms with Crippen molar-refractivity contribution in [2.45, 2.75) is 13.5 Å². The molecule has 6 heteroatoms. The van der Waals surface area contributed by atoms with Crippen molar-refractivity contribution in [3.05, 3.63) is 35.9 Å². The van der Waals surface area contributed by atoms with Crippen molar-refractivity contribution in [2.24, 2.45) is 0 Å². The Bertz CT molecular complexity index is 488. The number of hydrogen-bond donors (Lipinski definition) is 1. The molecule has 2 heterocycles. The first-order chi connectivity index (χ1) is 8.28. The summed E-state index contributed by atoms with van der Waals surface area (Å²) in [5.41, 5.74) is 0.850. The van der Waals surface area contributed by atoms with E-state index < -0.39 is 0 Å². The van der Waals surface area contributed by atoms with Crippen LogP contribution in [0.1, 0.15) is 11.5 Å². The molecule has 0 aliphatic rings. The topological polar surface area (TPSA) is 72.8 Å². The molecule has 0 bridgehead atoms. The number of aromatic nitrogens is 4. The summed E-state index contributed by atoms with van der Waals surface area (Å²) in [6.07, 6.45) is 1.64. The van der Waals surface area contributed by atoms with Crippen molar-refractivity contribution >= 4 is 5.82 Å². The van der Waals surface area contributed by atoms with E-state index in [1.54, 1.807) is 19.4 Å². The highest BCUT2D eigenvalue weighted by Crippen LogP contribution is 2.13. The van der Waals surface area contributed by atoms with Crippen LogP contribution in [0.2, 0.25) is 0 Å². The summed E-state index contributed by atoms with van der Waals surface area (Å²) in [6, 6.07) is 5.48. The van der Waals surface area contributed by atoms with Crippen LogP contribution in [0.4, 0.5) is 5.82 Å². The molecule has 0 spiro atoms. The third-order valence-electron chi connectivity index (χ3n) is 2.10. The normalized spacial score (nSPS) is 10.0. The third kappa shape index (κ3) is 3.10. The summed E-state index contributed by atoms with van der Waals surface area (Å²) in [5.74, 6) is 1.91. The van der Waals surface area contributed by atoms with E-state index in [1.165, 1.54) is 0 Å². The summed E-state index contributed by atoms with van der Waals surface area (Å²) < 4.78 is 5.07. The summed E-state index contributed by atoms with van der Waals surface area (Å²) in [4.78, 5) is 8.35. The maximum absolute atomic E-state index is 5.07. The third-order valence-corrected chi connectivity index (χ3v) is 2.10. The van der Waals surface area contributed by atoms with Gasteiger partial charge in [-0.1, -0.05) is 0 Å². The Morgan fingerprint density at radius 1 is 1.35 bits per heavy atom. The fraction of sp³-hybridized carbons (Fsp3) is 0.273. The Kier molecular flexibility index (Phi) is 3.44. The zero-order valence-electron chi connectivity index (χ0n) is 9.71. The second-order valence-electron chi connectivity index (χ2n) is 3.41. The first-order valence-corrected chi connectivity index (χ1v) is 5.18. The molecule has 1 N–H and O–H groups in total. The van der Waals surface area contributed by atoms with Crippen molar-refractivity contribution in [1.82, 2.24) is 20.2 Å². The van der Waals surface area contributed by atoms with Gasteiger partial charge in [0.1, 0.15) is 11.6 Å². The minimum Gasteiger partial charge on any atom is -0.481 e. The van der Waals surface area contributed by atoms with Gasteiger partial charge in [0.25, 0.3) is 0 Å². The van der Waals surface area contributed by atoms with Crippen molar-refractivity contribution in [3.63, 3.8) is 0 Å². The van der Waals surface area contributed by atoms with Gasteiger partial charge in [0.05, 0.1) is 19.3 Å². The molecule has 0 aliphatic carbocycles. The van der Waals surface area contributed by atoms with Crippen LogP contribution in [0.25, 0.3) is 0 Å². The summed E-state index contributed by atoms with van der Waals surface area (Å²) in [6.45, 7) is 2.38. The predicted octanol–water partition coefficient (Wildman–Crippen LogP) is 1.20. The number of methoxy groups -OCH3 is 1. The Morgan fingerprint density at radius 3 is 2.94 bits per heavy atom. The van der Waals surface area contributed by atoms with Crippen LogP contribution < -0.4 is 10.1 Å². The molecule has 0 fully saturated rings. The van der Waals surface area contributed by atoms with Gasteiger partial charge in [-0.05, 0) is 19.1 Å². The van der Waals surface area contributed by atoms with E-state index in [-0.39, 0.29) is 0 Å². The minimum atomic E-state index is 0.541. The lowest BCUT2D eigenvalue weighted by Gasteiger charge is -2.07. The summed E-state index contributed by atoms with van der Waals surface area (Å²) in [7, 11) is 1.58. The van der Waals surface area contributed by atoms with E-state index in [0.717, 1.165) is 5.69 Å². The molecule has 17 heavy (non-hydrogen) atoms. The second-order valence-corrected chi connectivity index (χ2v) is 3.41. The molecule has 2 rings (SSSR count). The lowest BCUT2D eigenvalue weighted by atomic mass is 10.4. The number of rotatable bonds is 4. The standard InChI is InChI=1S/C11H13N5O/c1-8-14-10(6-11(15-8)17-2)12-7-9-4-3-5-13-16-9/h3-6H,7H2,1-2H3,(H,12,14,15). The lowest BCUT2D eigenvalue weighted by molar-refractivity contribution is 0.396. The largest absolute Gasteiger partial charge is 0.481 e. The maximum Gasteiger partial charge on any atom is 0.218 e. The minimum absolute atomic E-state index is 0.541. The van der Waals surface area contributed by atoms with Gasteiger partial charge < -0.3 is 10.1 Å². The van der Waals surface area contributed by atoms with Crippen LogP contribution in [0.5, 0.6) is 5.88 Å². The van der Waals surface area contributed by atoms with Gasteiger partial charge in [0.2, 0.25) is 5.88 Å². The fourth-order valence-corrected chi connectivity index (χ4v) is 1.34. The molecule has 0 saturated heterocycles. The molecule has 0 amide bonds. The van der Waals surface area contributed by atoms with E-state index in [9.17, 15) is 0 Å². The monoisotopic (exact) mass is 231 g/mol. The molecule has 0 unspecified atom stereocenters. The zero-order valence-corrected chi connectivity index (χ0v) is 9.71. The van der Waals surface area contributed by atoms with Crippen LogP contribution in [0.3, 0.4) is 0 Å². The average Bonchev–Trinajstić information content (AvgIpc) is 2.37. The van der Waals surface area contributed by atoms with Gasteiger partial charge in [-0.25, -0.2) is 4.98 Å². The van der Waals surface area contributed by atoms with E-state index in [1.807, 2.05) is 19.1 Å². The second kappa shape index (κ2) is 5.20. The van der Waals surface area contributed by atoms with Crippen molar-refractivity contribution in [3.8, 4) is 5.88 Å². The molecule has 0 aromatic carbocycles. The Morgan fingerprint density at radius 2 is 2.24 bits per heavy atom. The van der Waals surface area contributed by atoms with Gasteiger partial charge in [-0.2, -0.15) is 15.2 Å². The highest BCUT2D eigenvalue weighted by molar-refractivity contribution is 5.38. The fourth-order valence-electron chi connectivity index (χ4n) is 1.34.